The SMILES string of the molecule is COc1ccccc1OC[C@@H](O)CN1C[C@H](C)C[C@H](C)C1. The van der Waals surface area contributed by atoms with Gasteiger partial charge < -0.3 is 19.5 Å². The largest absolute Gasteiger partial charge is 0.493 e. The van der Waals surface area contributed by atoms with Gasteiger partial charge in [-0.2, -0.15) is 0 Å². The fourth-order valence-electron chi connectivity index (χ4n) is 3.22. The molecule has 1 saturated heterocycles. The molecule has 3 atom stereocenters. The van der Waals surface area contributed by atoms with Crippen molar-refractivity contribution in [2.45, 2.75) is 26.4 Å². The zero-order valence-electron chi connectivity index (χ0n) is 13.3. The van der Waals surface area contributed by atoms with Crippen molar-refractivity contribution < 1.29 is 14.6 Å². The number of benzene rings is 1. The van der Waals surface area contributed by atoms with E-state index < -0.39 is 6.10 Å². The molecule has 0 spiro atoms. The Balaban J connectivity index is 1.80. The van der Waals surface area contributed by atoms with Gasteiger partial charge in [-0.3, -0.25) is 0 Å². The summed E-state index contributed by atoms with van der Waals surface area (Å²) in [5.74, 6) is 2.79. The van der Waals surface area contributed by atoms with E-state index in [0.29, 0.717) is 36.5 Å². The van der Waals surface area contributed by atoms with E-state index in [1.165, 1.54) is 6.42 Å². The first-order valence-corrected chi connectivity index (χ1v) is 7.74. The minimum absolute atomic E-state index is 0.291. The third-order valence-corrected chi connectivity index (χ3v) is 3.91. The van der Waals surface area contributed by atoms with Crippen LogP contribution in [0.25, 0.3) is 0 Å². The van der Waals surface area contributed by atoms with Gasteiger partial charge in [-0.05, 0) is 30.4 Å². The smallest absolute Gasteiger partial charge is 0.161 e. The fourth-order valence-corrected chi connectivity index (χ4v) is 3.22. The molecule has 1 heterocycles. The minimum Gasteiger partial charge on any atom is -0.493 e. The molecule has 21 heavy (non-hydrogen) atoms. The highest BCUT2D eigenvalue weighted by atomic mass is 16.5. The first-order chi connectivity index (χ1) is 10.1. The Labute approximate surface area is 127 Å². The number of rotatable bonds is 6. The Morgan fingerprint density at radius 1 is 1.19 bits per heavy atom. The second-order valence-corrected chi connectivity index (χ2v) is 6.28. The number of likely N-dealkylation sites (tertiary alicyclic amines) is 1. The van der Waals surface area contributed by atoms with E-state index in [2.05, 4.69) is 18.7 Å². The summed E-state index contributed by atoms with van der Waals surface area (Å²) in [5.41, 5.74) is 0. The van der Waals surface area contributed by atoms with E-state index in [1.54, 1.807) is 7.11 Å². The molecule has 0 amide bonds. The van der Waals surface area contributed by atoms with Crippen LogP contribution in [0.4, 0.5) is 0 Å². The Hall–Kier alpha value is -1.26. The van der Waals surface area contributed by atoms with Crippen LogP contribution < -0.4 is 9.47 Å². The molecule has 0 saturated carbocycles. The molecule has 118 valence electrons. The highest BCUT2D eigenvalue weighted by Crippen LogP contribution is 2.26. The van der Waals surface area contributed by atoms with E-state index in [4.69, 9.17) is 9.47 Å². The number of para-hydroxylation sites is 2. The number of methoxy groups -OCH3 is 1. The van der Waals surface area contributed by atoms with E-state index in [9.17, 15) is 5.11 Å². The Morgan fingerprint density at radius 3 is 2.43 bits per heavy atom. The molecular weight excluding hydrogens is 266 g/mol. The van der Waals surface area contributed by atoms with Gasteiger partial charge in [0.1, 0.15) is 12.7 Å². The van der Waals surface area contributed by atoms with Crippen molar-refractivity contribution in [3.63, 3.8) is 0 Å². The van der Waals surface area contributed by atoms with E-state index in [0.717, 1.165) is 13.1 Å². The predicted octanol–water partition coefficient (Wildman–Crippen LogP) is 2.41. The van der Waals surface area contributed by atoms with Gasteiger partial charge in [-0.15, -0.1) is 0 Å². The van der Waals surface area contributed by atoms with Crippen molar-refractivity contribution in [3.05, 3.63) is 24.3 Å². The Morgan fingerprint density at radius 2 is 1.81 bits per heavy atom. The average Bonchev–Trinajstić information content (AvgIpc) is 2.44. The lowest BCUT2D eigenvalue weighted by atomic mass is 9.92. The summed E-state index contributed by atoms with van der Waals surface area (Å²) >= 11 is 0. The molecule has 0 unspecified atom stereocenters. The number of piperidine rings is 1. The summed E-state index contributed by atoms with van der Waals surface area (Å²) in [7, 11) is 1.62. The second kappa shape index (κ2) is 7.66. The van der Waals surface area contributed by atoms with Crippen LogP contribution >= 0.6 is 0 Å². The molecular formula is C17H27NO3. The number of ether oxygens (including phenoxy) is 2. The summed E-state index contributed by atoms with van der Waals surface area (Å²) in [6.45, 7) is 7.65. The topological polar surface area (TPSA) is 41.9 Å². The molecule has 1 N–H and O–H groups in total. The monoisotopic (exact) mass is 293 g/mol. The Kier molecular flexibility index (Phi) is 5.88. The molecule has 0 aliphatic carbocycles. The van der Waals surface area contributed by atoms with Gasteiger partial charge in [0.2, 0.25) is 0 Å². The molecule has 1 fully saturated rings. The maximum atomic E-state index is 10.2. The van der Waals surface area contributed by atoms with Gasteiger partial charge in [0, 0.05) is 19.6 Å². The third-order valence-electron chi connectivity index (χ3n) is 3.91. The maximum absolute atomic E-state index is 10.2. The third kappa shape index (κ3) is 4.90. The highest BCUT2D eigenvalue weighted by Gasteiger charge is 2.23. The number of hydrogen-bond donors (Lipinski definition) is 1. The molecule has 1 aliphatic rings. The van der Waals surface area contributed by atoms with Crippen LogP contribution in [0.3, 0.4) is 0 Å². The van der Waals surface area contributed by atoms with E-state index in [-0.39, 0.29) is 0 Å². The predicted molar refractivity (Wildman–Crippen MR) is 83.9 cm³/mol. The number of β-amino-alcohol motifs (C(OH)–C–C–N with tert-alkyl or cyclic N) is 1. The van der Waals surface area contributed by atoms with Crippen LogP contribution in [0.15, 0.2) is 24.3 Å². The van der Waals surface area contributed by atoms with Crippen molar-refractivity contribution >= 4 is 0 Å². The first-order valence-electron chi connectivity index (χ1n) is 7.74. The van der Waals surface area contributed by atoms with Crippen molar-refractivity contribution in [1.29, 1.82) is 0 Å². The second-order valence-electron chi connectivity index (χ2n) is 6.28. The summed E-state index contributed by atoms with van der Waals surface area (Å²) in [5, 5.41) is 10.2. The first kappa shape index (κ1) is 16.1. The molecule has 0 bridgehead atoms. The van der Waals surface area contributed by atoms with Crippen molar-refractivity contribution in [3.8, 4) is 11.5 Å². The number of aliphatic hydroxyl groups excluding tert-OH is 1. The quantitative estimate of drug-likeness (QED) is 0.874. The highest BCUT2D eigenvalue weighted by molar-refractivity contribution is 5.39. The van der Waals surface area contributed by atoms with Gasteiger partial charge >= 0.3 is 0 Å². The lowest BCUT2D eigenvalue weighted by Crippen LogP contribution is -2.44. The van der Waals surface area contributed by atoms with Gasteiger partial charge in [0.25, 0.3) is 0 Å². The lowest BCUT2D eigenvalue weighted by Gasteiger charge is -2.35. The minimum atomic E-state index is -0.479. The number of hydrogen-bond acceptors (Lipinski definition) is 4. The van der Waals surface area contributed by atoms with Crippen molar-refractivity contribution in [1.82, 2.24) is 4.90 Å². The van der Waals surface area contributed by atoms with Crippen LogP contribution in [0.2, 0.25) is 0 Å². The average molecular weight is 293 g/mol. The van der Waals surface area contributed by atoms with Crippen molar-refractivity contribution in [2.75, 3.05) is 33.4 Å². The maximum Gasteiger partial charge on any atom is 0.161 e. The molecule has 4 nitrogen and oxygen atoms in total. The van der Waals surface area contributed by atoms with Crippen LogP contribution in [0.1, 0.15) is 20.3 Å². The van der Waals surface area contributed by atoms with Crippen LogP contribution in [0, 0.1) is 11.8 Å². The Bertz CT molecular complexity index is 428. The van der Waals surface area contributed by atoms with Crippen molar-refractivity contribution in [2.24, 2.45) is 11.8 Å². The van der Waals surface area contributed by atoms with E-state index >= 15 is 0 Å². The zero-order valence-corrected chi connectivity index (χ0v) is 13.3. The lowest BCUT2D eigenvalue weighted by molar-refractivity contribution is 0.0423. The van der Waals surface area contributed by atoms with Crippen LogP contribution in [-0.4, -0.2) is 49.5 Å². The summed E-state index contributed by atoms with van der Waals surface area (Å²) in [6.07, 6.45) is 0.803. The molecule has 4 heteroatoms. The molecule has 1 aromatic rings. The van der Waals surface area contributed by atoms with Gasteiger partial charge in [0.15, 0.2) is 11.5 Å². The molecule has 0 radical (unpaired) electrons. The van der Waals surface area contributed by atoms with Crippen LogP contribution in [-0.2, 0) is 0 Å². The fraction of sp³-hybridized carbons (Fsp3) is 0.647. The summed E-state index contributed by atoms with van der Waals surface area (Å²) in [4.78, 5) is 2.34. The van der Waals surface area contributed by atoms with Gasteiger partial charge in [-0.25, -0.2) is 0 Å². The van der Waals surface area contributed by atoms with Gasteiger partial charge in [-0.1, -0.05) is 26.0 Å². The standard InChI is InChI=1S/C17H27NO3/c1-13-8-14(2)10-18(9-13)11-15(19)12-21-17-7-5-4-6-16(17)20-3/h4-7,13-15,19H,8-12H2,1-3H3/t13-,14+,15-/m0/s1. The van der Waals surface area contributed by atoms with Crippen LogP contribution in [0.5, 0.6) is 11.5 Å². The molecule has 2 rings (SSSR count). The molecule has 1 aliphatic heterocycles. The molecule has 1 aromatic carbocycles. The normalized spacial score (nSPS) is 24.6. The number of nitrogens with zero attached hydrogens (tertiary/aromatic N) is 1. The molecule has 0 aromatic heterocycles. The zero-order chi connectivity index (χ0) is 15.2. The number of aliphatic hydroxyl groups is 1. The summed E-state index contributed by atoms with van der Waals surface area (Å²) < 4.78 is 10.9. The summed E-state index contributed by atoms with van der Waals surface area (Å²) in [6, 6.07) is 7.52. The van der Waals surface area contributed by atoms with E-state index in [1.807, 2.05) is 24.3 Å². The van der Waals surface area contributed by atoms with Gasteiger partial charge in [0.05, 0.1) is 7.11 Å².